The largest absolute Gasteiger partial charge is 0.459 e. The first-order chi connectivity index (χ1) is 16.3. The zero-order chi connectivity index (χ0) is 24.1. The number of nitrogens with one attached hydrogen (secondary N) is 2. The highest BCUT2D eigenvalue weighted by atomic mass is 32.2. The van der Waals surface area contributed by atoms with Crippen molar-refractivity contribution in [3.05, 3.63) is 53.5 Å². The van der Waals surface area contributed by atoms with E-state index in [1.165, 1.54) is 27.1 Å². The van der Waals surface area contributed by atoms with Crippen molar-refractivity contribution < 1.29 is 27.2 Å². The number of hydrogen-bond donors (Lipinski definition) is 2. The minimum atomic E-state index is -3.63. The summed E-state index contributed by atoms with van der Waals surface area (Å²) in [6.45, 7) is 0.353. The Bertz CT molecular complexity index is 1150. The topological polar surface area (TPSA) is 129 Å². The highest BCUT2D eigenvalue weighted by Crippen LogP contribution is 2.26. The number of furan rings is 1. The summed E-state index contributed by atoms with van der Waals surface area (Å²) in [4.78, 5) is 38.0. The Labute approximate surface area is 198 Å². The molecule has 34 heavy (non-hydrogen) atoms. The lowest BCUT2D eigenvalue weighted by Gasteiger charge is -2.34. The fraction of sp³-hybridized carbons (Fsp3) is 0.435. The van der Waals surface area contributed by atoms with Gasteiger partial charge in [0.2, 0.25) is 21.8 Å². The summed E-state index contributed by atoms with van der Waals surface area (Å²) in [7, 11) is -3.63. The maximum Gasteiger partial charge on any atom is 0.287 e. The Kier molecular flexibility index (Phi) is 7.32. The molecule has 1 aromatic heterocycles. The zero-order valence-electron chi connectivity index (χ0n) is 18.8. The Hall–Kier alpha value is -3.18. The van der Waals surface area contributed by atoms with Crippen molar-refractivity contribution in [3.63, 3.8) is 0 Å². The molecule has 0 unspecified atom stereocenters. The summed E-state index contributed by atoms with van der Waals surface area (Å²) in [5, 5.41) is 4.87. The van der Waals surface area contributed by atoms with E-state index < -0.39 is 21.8 Å². The standard InChI is InChI=1S/C23H28N4O6S/c28-21(15-25-23(30)20-6-3-13-33-20)24-16-22(29)26-9-11-27(12-10-26)34(31,32)19-8-7-17-4-1-2-5-18(17)14-19/h3,6-8,13-14H,1-2,4-5,9-12,15-16H2,(H,24,28)(H,25,30). The third kappa shape index (κ3) is 5.48. The summed E-state index contributed by atoms with van der Waals surface area (Å²) < 4.78 is 32.5. The zero-order valence-corrected chi connectivity index (χ0v) is 19.6. The summed E-state index contributed by atoms with van der Waals surface area (Å²) in [6, 6.07) is 8.42. The average Bonchev–Trinajstić information content (AvgIpc) is 3.41. The molecular weight excluding hydrogens is 460 g/mol. The number of hydrogen-bond acceptors (Lipinski definition) is 6. The van der Waals surface area contributed by atoms with Crippen LogP contribution in [-0.2, 0) is 32.5 Å². The van der Waals surface area contributed by atoms with Crippen LogP contribution in [0.5, 0.6) is 0 Å². The molecule has 1 aliphatic heterocycles. The fourth-order valence-corrected chi connectivity index (χ4v) is 5.67. The van der Waals surface area contributed by atoms with Gasteiger partial charge in [-0.05, 0) is 61.1 Å². The van der Waals surface area contributed by atoms with Gasteiger partial charge in [0.1, 0.15) is 0 Å². The fourth-order valence-electron chi connectivity index (χ4n) is 4.20. The van der Waals surface area contributed by atoms with Crippen molar-refractivity contribution in [3.8, 4) is 0 Å². The number of fused-ring (bicyclic) bond motifs is 1. The highest BCUT2D eigenvalue weighted by Gasteiger charge is 2.30. The van der Waals surface area contributed by atoms with Gasteiger partial charge in [0.25, 0.3) is 5.91 Å². The van der Waals surface area contributed by atoms with Crippen molar-refractivity contribution in [1.82, 2.24) is 19.8 Å². The van der Waals surface area contributed by atoms with E-state index in [1.807, 2.05) is 6.07 Å². The summed E-state index contributed by atoms with van der Waals surface area (Å²) in [5.41, 5.74) is 2.33. The molecule has 0 atom stereocenters. The number of rotatable bonds is 7. The lowest BCUT2D eigenvalue weighted by molar-refractivity contribution is -0.133. The molecule has 11 heteroatoms. The van der Waals surface area contributed by atoms with Crippen LogP contribution >= 0.6 is 0 Å². The molecule has 1 aromatic carbocycles. The molecule has 1 aliphatic carbocycles. The minimum Gasteiger partial charge on any atom is -0.459 e. The van der Waals surface area contributed by atoms with Gasteiger partial charge in [0, 0.05) is 26.2 Å². The van der Waals surface area contributed by atoms with E-state index in [-0.39, 0.29) is 50.9 Å². The molecule has 4 rings (SSSR count). The number of benzene rings is 1. The van der Waals surface area contributed by atoms with Crippen molar-refractivity contribution in [2.75, 3.05) is 39.3 Å². The lowest BCUT2D eigenvalue weighted by Crippen LogP contribution is -2.52. The van der Waals surface area contributed by atoms with Gasteiger partial charge in [-0.2, -0.15) is 4.31 Å². The van der Waals surface area contributed by atoms with Gasteiger partial charge in [-0.25, -0.2) is 8.42 Å². The van der Waals surface area contributed by atoms with E-state index in [0.717, 1.165) is 31.2 Å². The van der Waals surface area contributed by atoms with Crippen LogP contribution in [0.2, 0.25) is 0 Å². The summed E-state index contributed by atoms with van der Waals surface area (Å²) in [5.74, 6) is -1.26. The van der Waals surface area contributed by atoms with Gasteiger partial charge in [-0.15, -0.1) is 0 Å². The van der Waals surface area contributed by atoms with Crippen LogP contribution < -0.4 is 10.6 Å². The monoisotopic (exact) mass is 488 g/mol. The van der Waals surface area contributed by atoms with Gasteiger partial charge in [0.15, 0.2) is 5.76 Å². The Morgan fingerprint density at radius 2 is 1.65 bits per heavy atom. The highest BCUT2D eigenvalue weighted by molar-refractivity contribution is 7.89. The second-order valence-electron chi connectivity index (χ2n) is 8.36. The van der Waals surface area contributed by atoms with Gasteiger partial charge < -0.3 is 20.0 Å². The molecule has 182 valence electrons. The van der Waals surface area contributed by atoms with E-state index >= 15 is 0 Å². The number of nitrogens with zero attached hydrogens (tertiary/aromatic N) is 2. The number of amides is 3. The molecule has 1 saturated heterocycles. The van der Waals surface area contributed by atoms with Crippen LogP contribution in [-0.4, -0.2) is 74.6 Å². The van der Waals surface area contributed by atoms with Crippen LogP contribution in [0.15, 0.2) is 45.9 Å². The van der Waals surface area contributed by atoms with Gasteiger partial charge >= 0.3 is 0 Å². The first-order valence-electron chi connectivity index (χ1n) is 11.3. The quantitative estimate of drug-likeness (QED) is 0.585. The van der Waals surface area contributed by atoms with E-state index in [4.69, 9.17) is 4.42 Å². The molecule has 0 saturated carbocycles. The lowest BCUT2D eigenvalue weighted by atomic mass is 9.92. The normalized spacial score (nSPS) is 16.5. The molecule has 3 amide bonds. The molecule has 2 aliphatic rings. The Morgan fingerprint density at radius 1 is 0.912 bits per heavy atom. The third-order valence-electron chi connectivity index (χ3n) is 6.14. The maximum absolute atomic E-state index is 13.1. The molecule has 2 N–H and O–H groups in total. The van der Waals surface area contributed by atoms with Crippen molar-refractivity contribution in [2.24, 2.45) is 0 Å². The second-order valence-corrected chi connectivity index (χ2v) is 10.3. The molecule has 0 bridgehead atoms. The van der Waals surface area contributed by atoms with Crippen molar-refractivity contribution >= 4 is 27.7 Å². The first-order valence-corrected chi connectivity index (χ1v) is 12.8. The molecule has 2 aromatic rings. The number of aryl methyl sites for hydroxylation is 2. The van der Waals surface area contributed by atoms with Crippen molar-refractivity contribution in [1.29, 1.82) is 0 Å². The number of carbonyl (C=O) groups excluding carboxylic acids is 3. The van der Waals surface area contributed by atoms with Gasteiger partial charge in [-0.1, -0.05) is 6.07 Å². The van der Waals surface area contributed by atoms with Gasteiger partial charge in [-0.3, -0.25) is 14.4 Å². The molecule has 0 radical (unpaired) electrons. The molecule has 1 fully saturated rings. The van der Waals surface area contributed by atoms with Crippen LogP contribution in [0.4, 0.5) is 0 Å². The average molecular weight is 489 g/mol. The molecule has 10 nitrogen and oxygen atoms in total. The Balaban J connectivity index is 1.23. The van der Waals surface area contributed by atoms with Crippen LogP contribution in [0, 0.1) is 0 Å². The van der Waals surface area contributed by atoms with Crippen LogP contribution in [0.3, 0.4) is 0 Å². The van der Waals surface area contributed by atoms with E-state index in [0.29, 0.717) is 4.90 Å². The van der Waals surface area contributed by atoms with Gasteiger partial charge in [0.05, 0.1) is 24.2 Å². The third-order valence-corrected chi connectivity index (χ3v) is 8.03. The smallest absolute Gasteiger partial charge is 0.287 e. The van der Waals surface area contributed by atoms with Crippen LogP contribution in [0.1, 0.15) is 34.5 Å². The van der Waals surface area contributed by atoms with Crippen molar-refractivity contribution in [2.45, 2.75) is 30.6 Å². The molecule has 0 spiro atoms. The number of piperazine rings is 1. The second kappa shape index (κ2) is 10.4. The summed E-state index contributed by atoms with van der Waals surface area (Å²) in [6.07, 6.45) is 5.45. The van der Waals surface area contributed by atoms with Crippen LogP contribution in [0.25, 0.3) is 0 Å². The van der Waals surface area contributed by atoms with E-state index in [9.17, 15) is 22.8 Å². The maximum atomic E-state index is 13.1. The molecular formula is C23H28N4O6S. The summed E-state index contributed by atoms with van der Waals surface area (Å²) >= 11 is 0. The first kappa shape index (κ1) is 24.0. The Morgan fingerprint density at radius 3 is 2.35 bits per heavy atom. The predicted molar refractivity (Wildman–Crippen MR) is 122 cm³/mol. The molecule has 2 heterocycles. The minimum absolute atomic E-state index is 0.0899. The number of sulfonamides is 1. The predicted octanol–water partition coefficient (Wildman–Crippen LogP) is 0.538. The van der Waals surface area contributed by atoms with E-state index in [1.54, 1.807) is 18.2 Å². The number of carbonyl (C=O) groups is 3. The van der Waals surface area contributed by atoms with E-state index in [2.05, 4.69) is 10.6 Å². The SMILES string of the molecule is O=C(CNC(=O)c1ccco1)NCC(=O)N1CCN(S(=O)(=O)c2ccc3c(c2)CCCC3)CC1.